The van der Waals surface area contributed by atoms with Crippen LogP contribution in [0.3, 0.4) is 0 Å². The zero-order valence-corrected chi connectivity index (χ0v) is 12.0. The molecule has 0 fully saturated rings. The molecule has 0 bridgehead atoms. The Bertz CT molecular complexity index is 842. The third-order valence-corrected chi connectivity index (χ3v) is 5.18. The van der Waals surface area contributed by atoms with Gasteiger partial charge in [0.25, 0.3) is 10.0 Å². The number of aromatic nitrogens is 1. The van der Waals surface area contributed by atoms with E-state index in [-0.39, 0.29) is 21.9 Å². The normalized spacial score (nSPS) is 18.6. The minimum Gasteiger partial charge on any atom is -0.287 e. The highest BCUT2D eigenvalue weighted by Gasteiger charge is 2.36. The Labute approximate surface area is 122 Å². The van der Waals surface area contributed by atoms with E-state index < -0.39 is 10.0 Å². The number of allylic oxidation sites excluding steroid dienone is 1. The Balaban J connectivity index is 2.22. The number of sulfonamides is 1. The largest absolute Gasteiger partial charge is 0.287 e. The molecule has 0 N–H and O–H groups in total. The van der Waals surface area contributed by atoms with Crippen LogP contribution in [0.2, 0.25) is 0 Å². The van der Waals surface area contributed by atoms with E-state index in [0.717, 1.165) is 9.87 Å². The second-order valence-electron chi connectivity index (χ2n) is 4.61. The molecule has 0 amide bonds. The summed E-state index contributed by atoms with van der Waals surface area (Å²) in [6, 6.07) is 9.66. The molecule has 1 aromatic carbocycles. The molecule has 106 valence electrons. The molecule has 0 radical (unpaired) electrons. The summed E-state index contributed by atoms with van der Waals surface area (Å²) < 4.78 is 26.0. The van der Waals surface area contributed by atoms with Gasteiger partial charge in [0, 0.05) is 25.0 Å². The van der Waals surface area contributed by atoms with Gasteiger partial charge in [-0.3, -0.25) is 14.1 Å². The van der Waals surface area contributed by atoms with Crippen molar-refractivity contribution in [2.75, 3.05) is 7.05 Å². The van der Waals surface area contributed by atoms with Crippen molar-refractivity contribution in [3.05, 3.63) is 65.6 Å². The van der Waals surface area contributed by atoms with Gasteiger partial charge in [0.15, 0.2) is 0 Å². The van der Waals surface area contributed by atoms with E-state index in [2.05, 4.69) is 4.98 Å². The summed E-state index contributed by atoms with van der Waals surface area (Å²) in [5, 5.41) is 0. The Morgan fingerprint density at radius 3 is 2.48 bits per heavy atom. The number of nitrogens with zero attached hydrogens (tertiary/aromatic N) is 2. The Kier molecular flexibility index (Phi) is 3.10. The first kappa shape index (κ1) is 13.5. The highest BCUT2D eigenvalue weighted by molar-refractivity contribution is 7.89. The molecule has 1 aliphatic rings. The molecular weight excluding hydrogens is 288 g/mol. The number of rotatable bonds is 1. The van der Waals surface area contributed by atoms with Crippen LogP contribution in [0.1, 0.15) is 15.9 Å². The van der Waals surface area contributed by atoms with E-state index >= 15 is 0 Å². The van der Waals surface area contributed by atoms with Crippen molar-refractivity contribution in [1.29, 1.82) is 0 Å². The third kappa shape index (κ3) is 2.13. The molecule has 0 unspecified atom stereocenters. The molecule has 0 aliphatic carbocycles. The van der Waals surface area contributed by atoms with Gasteiger partial charge < -0.3 is 0 Å². The van der Waals surface area contributed by atoms with Crippen LogP contribution in [-0.2, 0) is 10.0 Å². The molecular formula is C15H12N2O3S. The fourth-order valence-electron chi connectivity index (χ4n) is 2.21. The molecule has 2 heterocycles. The van der Waals surface area contributed by atoms with Gasteiger partial charge in [-0.15, -0.1) is 0 Å². The molecule has 6 heteroatoms. The number of ketones is 1. The first-order valence-corrected chi connectivity index (χ1v) is 7.70. The summed E-state index contributed by atoms with van der Waals surface area (Å²) in [6.45, 7) is 0. The van der Waals surface area contributed by atoms with Crippen LogP contribution in [0.5, 0.6) is 0 Å². The molecule has 0 saturated heterocycles. The number of benzene rings is 1. The Hall–Kier alpha value is -2.47. The van der Waals surface area contributed by atoms with Gasteiger partial charge >= 0.3 is 0 Å². The van der Waals surface area contributed by atoms with E-state index in [1.165, 1.54) is 19.2 Å². The number of carbonyl (C=O) groups excluding carboxylic acids is 1. The predicted octanol–water partition coefficient (Wildman–Crippen LogP) is 1.94. The van der Waals surface area contributed by atoms with E-state index in [1.54, 1.807) is 42.7 Å². The topological polar surface area (TPSA) is 67.3 Å². The standard InChI is InChI=1S/C15H12N2O3S/c1-17-13(10-11-6-8-16-9-7-11)15(18)12-4-2-3-5-14(12)21(17,19)20/h2-10H,1H3. The summed E-state index contributed by atoms with van der Waals surface area (Å²) in [5.74, 6) is -0.306. The van der Waals surface area contributed by atoms with Crippen molar-refractivity contribution in [2.45, 2.75) is 4.90 Å². The van der Waals surface area contributed by atoms with Gasteiger partial charge in [-0.25, -0.2) is 8.42 Å². The van der Waals surface area contributed by atoms with Crippen LogP contribution >= 0.6 is 0 Å². The lowest BCUT2D eigenvalue weighted by Crippen LogP contribution is -2.36. The molecule has 0 spiro atoms. The number of Topliss-reactive ketones (excluding diaryl/α,β-unsaturated/α-hetero) is 1. The van der Waals surface area contributed by atoms with E-state index in [9.17, 15) is 13.2 Å². The molecule has 3 rings (SSSR count). The lowest BCUT2D eigenvalue weighted by atomic mass is 10.1. The molecule has 1 aromatic heterocycles. The highest BCUT2D eigenvalue weighted by Crippen LogP contribution is 2.31. The van der Waals surface area contributed by atoms with Crippen molar-refractivity contribution in [1.82, 2.24) is 9.29 Å². The SMILES string of the molecule is CN1C(=Cc2ccncc2)C(=O)c2ccccc2S1(=O)=O. The van der Waals surface area contributed by atoms with Crippen LogP contribution in [0.15, 0.2) is 59.4 Å². The zero-order chi connectivity index (χ0) is 15.0. The molecule has 1 aliphatic heterocycles. The quantitative estimate of drug-likeness (QED) is 0.755. The second kappa shape index (κ2) is 4.82. The average molecular weight is 300 g/mol. The average Bonchev–Trinajstić information content (AvgIpc) is 2.51. The zero-order valence-electron chi connectivity index (χ0n) is 11.2. The minimum absolute atomic E-state index is 0.0457. The Morgan fingerprint density at radius 2 is 1.76 bits per heavy atom. The molecule has 21 heavy (non-hydrogen) atoms. The van der Waals surface area contributed by atoms with Crippen LogP contribution in [0.4, 0.5) is 0 Å². The number of hydrogen-bond donors (Lipinski definition) is 0. The molecule has 0 atom stereocenters. The van der Waals surface area contributed by atoms with E-state index in [4.69, 9.17) is 0 Å². The fraction of sp³-hybridized carbons (Fsp3) is 0.0667. The number of fused-ring (bicyclic) bond motifs is 1. The molecule has 0 saturated carbocycles. The predicted molar refractivity (Wildman–Crippen MR) is 77.9 cm³/mol. The molecule has 5 nitrogen and oxygen atoms in total. The minimum atomic E-state index is -3.69. The maximum atomic E-state index is 12.5. The summed E-state index contributed by atoms with van der Waals surface area (Å²) in [7, 11) is -2.31. The smallest absolute Gasteiger partial charge is 0.264 e. The monoisotopic (exact) mass is 300 g/mol. The summed E-state index contributed by atoms with van der Waals surface area (Å²) >= 11 is 0. The van der Waals surface area contributed by atoms with Gasteiger partial charge in [-0.1, -0.05) is 12.1 Å². The first-order valence-electron chi connectivity index (χ1n) is 6.26. The van der Waals surface area contributed by atoms with Crippen LogP contribution in [0, 0.1) is 0 Å². The fourth-order valence-corrected chi connectivity index (χ4v) is 3.59. The van der Waals surface area contributed by atoms with Crippen LogP contribution in [-0.4, -0.2) is 30.5 Å². The lowest BCUT2D eigenvalue weighted by molar-refractivity contribution is 0.101. The van der Waals surface area contributed by atoms with Crippen LogP contribution < -0.4 is 0 Å². The van der Waals surface area contributed by atoms with Gasteiger partial charge in [0.2, 0.25) is 5.78 Å². The summed E-state index contributed by atoms with van der Waals surface area (Å²) in [4.78, 5) is 16.5. The van der Waals surface area contributed by atoms with Crippen molar-refractivity contribution >= 4 is 21.9 Å². The maximum Gasteiger partial charge on any atom is 0.264 e. The first-order chi connectivity index (χ1) is 10.0. The number of hydrogen-bond acceptors (Lipinski definition) is 4. The summed E-state index contributed by atoms with van der Waals surface area (Å²) in [5.41, 5.74) is 1.05. The number of likely N-dealkylation sites (N-methyl/N-ethyl adjacent to an activating group) is 1. The molecule has 2 aromatic rings. The number of carbonyl (C=O) groups is 1. The van der Waals surface area contributed by atoms with Crippen molar-refractivity contribution in [3.63, 3.8) is 0 Å². The van der Waals surface area contributed by atoms with Crippen molar-refractivity contribution < 1.29 is 13.2 Å². The van der Waals surface area contributed by atoms with Crippen molar-refractivity contribution in [2.24, 2.45) is 0 Å². The van der Waals surface area contributed by atoms with Gasteiger partial charge in [-0.05, 0) is 35.9 Å². The van der Waals surface area contributed by atoms with Gasteiger partial charge in [0.1, 0.15) is 5.70 Å². The second-order valence-corrected chi connectivity index (χ2v) is 6.55. The van der Waals surface area contributed by atoms with E-state index in [0.29, 0.717) is 0 Å². The Morgan fingerprint density at radius 1 is 1.10 bits per heavy atom. The number of pyridine rings is 1. The summed E-state index contributed by atoms with van der Waals surface area (Å²) in [6.07, 6.45) is 4.72. The highest BCUT2D eigenvalue weighted by atomic mass is 32.2. The van der Waals surface area contributed by atoms with E-state index in [1.807, 2.05) is 0 Å². The van der Waals surface area contributed by atoms with Crippen LogP contribution in [0.25, 0.3) is 6.08 Å². The third-order valence-electron chi connectivity index (χ3n) is 3.35. The van der Waals surface area contributed by atoms with Gasteiger partial charge in [0.05, 0.1) is 4.90 Å². The van der Waals surface area contributed by atoms with Gasteiger partial charge in [-0.2, -0.15) is 0 Å². The maximum absolute atomic E-state index is 12.5. The lowest BCUT2D eigenvalue weighted by Gasteiger charge is -2.27. The van der Waals surface area contributed by atoms with Crippen molar-refractivity contribution in [3.8, 4) is 0 Å².